The van der Waals surface area contributed by atoms with Crippen molar-refractivity contribution in [1.29, 1.82) is 0 Å². The molecule has 28 heavy (non-hydrogen) atoms. The topological polar surface area (TPSA) is 57.7 Å². The molecule has 6 nitrogen and oxygen atoms in total. The molecule has 3 heterocycles. The smallest absolute Gasteiger partial charge is 0.270 e. The van der Waals surface area contributed by atoms with Crippen LogP contribution >= 0.6 is 11.3 Å². The van der Waals surface area contributed by atoms with Gasteiger partial charge in [-0.25, -0.2) is 4.98 Å². The highest BCUT2D eigenvalue weighted by molar-refractivity contribution is 7.09. The van der Waals surface area contributed by atoms with Crippen molar-refractivity contribution in [3.05, 3.63) is 52.0 Å². The molecule has 0 bridgehead atoms. The summed E-state index contributed by atoms with van der Waals surface area (Å²) in [7, 11) is 0. The molecule has 1 N–H and O–H groups in total. The molecule has 2 aromatic rings. The van der Waals surface area contributed by atoms with Crippen molar-refractivity contribution in [1.82, 2.24) is 20.1 Å². The lowest BCUT2D eigenvalue weighted by atomic mass is 10.2. The highest BCUT2D eigenvalue weighted by atomic mass is 32.1. The summed E-state index contributed by atoms with van der Waals surface area (Å²) in [6.45, 7) is 7.42. The predicted molar refractivity (Wildman–Crippen MR) is 110 cm³/mol. The van der Waals surface area contributed by atoms with Crippen LogP contribution in [0.25, 0.3) is 0 Å². The van der Waals surface area contributed by atoms with E-state index in [1.165, 1.54) is 5.56 Å². The van der Waals surface area contributed by atoms with Gasteiger partial charge in [-0.3, -0.25) is 14.6 Å². The van der Waals surface area contributed by atoms with Gasteiger partial charge in [-0.15, -0.1) is 11.3 Å². The zero-order chi connectivity index (χ0) is 19.2. The number of piperazine rings is 1. The first-order valence-electron chi connectivity index (χ1n) is 10.1. The highest BCUT2D eigenvalue weighted by Gasteiger charge is 2.20. The summed E-state index contributed by atoms with van der Waals surface area (Å²) in [6.07, 6.45) is 2.27. The molecule has 1 atom stereocenters. The average molecular weight is 401 g/mol. The number of hydrogen-bond acceptors (Lipinski definition) is 6. The second-order valence-electron chi connectivity index (χ2n) is 7.51. The third-order valence-electron chi connectivity index (χ3n) is 5.37. The van der Waals surface area contributed by atoms with E-state index in [4.69, 9.17) is 4.74 Å². The minimum atomic E-state index is -0.0920. The molecule has 1 aromatic carbocycles. The first-order valence-corrected chi connectivity index (χ1v) is 11.0. The van der Waals surface area contributed by atoms with Crippen molar-refractivity contribution in [2.75, 3.05) is 39.3 Å². The van der Waals surface area contributed by atoms with Gasteiger partial charge in [0.1, 0.15) is 10.7 Å². The summed E-state index contributed by atoms with van der Waals surface area (Å²) >= 11 is 1.57. The van der Waals surface area contributed by atoms with Gasteiger partial charge in [0.15, 0.2) is 0 Å². The van der Waals surface area contributed by atoms with E-state index in [-0.39, 0.29) is 12.0 Å². The molecule has 2 saturated heterocycles. The fourth-order valence-corrected chi connectivity index (χ4v) is 4.54. The summed E-state index contributed by atoms with van der Waals surface area (Å²) in [5, 5.41) is 5.83. The van der Waals surface area contributed by atoms with Crippen LogP contribution in [0.3, 0.4) is 0 Å². The molecule has 150 valence electrons. The third-order valence-corrected chi connectivity index (χ3v) is 6.21. The Hall–Kier alpha value is -1.80. The van der Waals surface area contributed by atoms with Crippen molar-refractivity contribution < 1.29 is 9.53 Å². The maximum Gasteiger partial charge on any atom is 0.270 e. The van der Waals surface area contributed by atoms with E-state index in [1.807, 2.05) is 5.38 Å². The Morgan fingerprint density at radius 1 is 1.14 bits per heavy atom. The van der Waals surface area contributed by atoms with E-state index in [2.05, 4.69) is 50.4 Å². The SMILES string of the molecule is O=C(NC[C@@H]1CCCO1)c1csc(CN2CCN(Cc3ccccc3)CC2)n1. The van der Waals surface area contributed by atoms with Gasteiger partial charge in [-0.05, 0) is 18.4 Å². The standard InChI is InChI=1S/C21H28N4O2S/c26-21(22-13-18-7-4-12-27-18)19-16-28-20(23-19)15-25-10-8-24(9-11-25)14-17-5-2-1-3-6-17/h1-3,5-6,16,18H,4,7-15H2,(H,22,26)/t18-/m0/s1. The van der Waals surface area contributed by atoms with Crippen LogP contribution in [0.4, 0.5) is 0 Å². The molecule has 2 aliphatic rings. The van der Waals surface area contributed by atoms with Crippen LogP contribution < -0.4 is 5.32 Å². The molecule has 4 rings (SSSR count). The largest absolute Gasteiger partial charge is 0.376 e. The predicted octanol–water partition coefficient (Wildman–Crippen LogP) is 2.37. The Balaban J connectivity index is 1.20. The number of rotatable bonds is 7. The zero-order valence-electron chi connectivity index (χ0n) is 16.2. The lowest BCUT2D eigenvalue weighted by Crippen LogP contribution is -2.45. The molecule has 0 aliphatic carbocycles. The monoisotopic (exact) mass is 400 g/mol. The highest BCUT2D eigenvalue weighted by Crippen LogP contribution is 2.16. The summed E-state index contributed by atoms with van der Waals surface area (Å²) in [5.74, 6) is -0.0920. The molecule has 0 saturated carbocycles. The Labute approximate surface area is 170 Å². The quantitative estimate of drug-likeness (QED) is 0.773. The molecule has 2 fully saturated rings. The minimum absolute atomic E-state index is 0.0920. The fraction of sp³-hybridized carbons (Fsp3) is 0.524. The minimum Gasteiger partial charge on any atom is -0.376 e. The molecule has 7 heteroatoms. The number of nitrogens with one attached hydrogen (secondary N) is 1. The van der Waals surface area contributed by atoms with Crippen molar-refractivity contribution in [2.45, 2.75) is 32.0 Å². The van der Waals surface area contributed by atoms with Gasteiger partial charge >= 0.3 is 0 Å². The van der Waals surface area contributed by atoms with Crippen molar-refractivity contribution in [3.8, 4) is 0 Å². The summed E-state index contributed by atoms with van der Waals surface area (Å²) in [4.78, 5) is 21.8. The van der Waals surface area contributed by atoms with Gasteiger partial charge in [0.25, 0.3) is 5.91 Å². The molecule has 0 unspecified atom stereocenters. The second kappa shape index (κ2) is 9.60. The molecule has 1 amide bonds. The Morgan fingerprint density at radius 3 is 2.61 bits per heavy atom. The number of thiazole rings is 1. The van der Waals surface area contributed by atoms with Gasteiger partial charge in [0, 0.05) is 51.3 Å². The maximum absolute atomic E-state index is 12.3. The molecule has 0 spiro atoms. The van der Waals surface area contributed by atoms with Crippen LogP contribution in [0.5, 0.6) is 0 Å². The van der Waals surface area contributed by atoms with Crippen molar-refractivity contribution >= 4 is 17.2 Å². The molecular weight excluding hydrogens is 372 g/mol. The van der Waals surface area contributed by atoms with Gasteiger partial charge in [0.2, 0.25) is 0 Å². The van der Waals surface area contributed by atoms with Gasteiger partial charge < -0.3 is 10.1 Å². The first kappa shape index (κ1) is 19.5. The van der Waals surface area contributed by atoms with Crippen LogP contribution in [-0.4, -0.2) is 66.1 Å². The average Bonchev–Trinajstić information content (AvgIpc) is 3.41. The summed E-state index contributed by atoms with van der Waals surface area (Å²) < 4.78 is 5.55. The van der Waals surface area contributed by atoms with Crippen LogP contribution in [0, 0.1) is 0 Å². The summed E-state index contributed by atoms with van der Waals surface area (Å²) in [6, 6.07) is 10.6. The molecular formula is C21H28N4O2S. The number of amides is 1. The van der Waals surface area contributed by atoms with E-state index in [1.54, 1.807) is 11.3 Å². The maximum atomic E-state index is 12.3. The molecule has 1 aromatic heterocycles. The van der Waals surface area contributed by atoms with Gasteiger partial charge in [-0.2, -0.15) is 0 Å². The number of benzene rings is 1. The van der Waals surface area contributed by atoms with E-state index >= 15 is 0 Å². The molecule has 0 radical (unpaired) electrons. The lowest BCUT2D eigenvalue weighted by molar-refractivity contribution is 0.0853. The van der Waals surface area contributed by atoms with Gasteiger partial charge in [-0.1, -0.05) is 30.3 Å². The summed E-state index contributed by atoms with van der Waals surface area (Å²) in [5.41, 5.74) is 1.90. The lowest BCUT2D eigenvalue weighted by Gasteiger charge is -2.34. The Morgan fingerprint density at radius 2 is 1.89 bits per heavy atom. The van der Waals surface area contributed by atoms with Crippen LogP contribution in [-0.2, 0) is 17.8 Å². The van der Waals surface area contributed by atoms with Crippen LogP contribution in [0.15, 0.2) is 35.7 Å². The fourth-order valence-electron chi connectivity index (χ4n) is 3.73. The van der Waals surface area contributed by atoms with Crippen molar-refractivity contribution in [2.24, 2.45) is 0 Å². The van der Waals surface area contributed by atoms with E-state index in [0.717, 1.165) is 63.7 Å². The van der Waals surface area contributed by atoms with E-state index < -0.39 is 0 Å². The van der Waals surface area contributed by atoms with E-state index in [9.17, 15) is 4.79 Å². The number of aromatic nitrogens is 1. The number of ether oxygens (including phenoxy) is 1. The number of carbonyl (C=O) groups excluding carboxylic acids is 1. The number of carbonyl (C=O) groups is 1. The van der Waals surface area contributed by atoms with E-state index in [0.29, 0.717) is 12.2 Å². The second-order valence-corrected chi connectivity index (χ2v) is 8.45. The normalized spacial score (nSPS) is 21.1. The zero-order valence-corrected chi connectivity index (χ0v) is 17.0. The molecule has 2 aliphatic heterocycles. The van der Waals surface area contributed by atoms with Gasteiger partial charge in [0.05, 0.1) is 12.6 Å². The third kappa shape index (κ3) is 5.38. The number of hydrogen-bond donors (Lipinski definition) is 1. The Kier molecular flexibility index (Phi) is 6.69. The first-order chi connectivity index (χ1) is 13.8. The Bertz CT molecular complexity index is 753. The van der Waals surface area contributed by atoms with Crippen LogP contribution in [0.2, 0.25) is 0 Å². The van der Waals surface area contributed by atoms with Crippen LogP contribution in [0.1, 0.15) is 33.9 Å². The number of nitrogens with zero attached hydrogens (tertiary/aromatic N) is 3. The van der Waals surface area contributed by atoms with Crippen molar-refractivity contribution in [3.63, 3.8) is 0 Å².